The van der Waals surface area contributed by atoms with Crippen molar-refractivity contribution < 1.29 is 14.7 Å². The Morgan fingerprint density at radius 3 is 2.22 bits per heavy atom. The lowest BCUT2D eigenvalue weighted by Gasteiger charge is -2.22. The molecule has 1 heterocycles. The lowest BCUT2D eigenvalue weighted by atomic mass is 9.92. The van der Waals surface area contributed by atoms with E-state index in [1.165, 1.54) is 4.90 Å². The smallest absolute Gasteiger partial charge is 0.325 e. The van der Waals surface area contributed by atoms with Crippen molar-refractivity contribution in [3.05, 3.63) is 71.3 Å². The van der Waals surface area contributed by atoms with Crippen LogP contribution in [0.3, 0.4) is 0 Å². The van der Waals surface area contributed by atoms with Gasteiger partial charge in [-0.05, 0) is 23.6 Å². The second-order valence-electron chi connectivity index (χ2n) is 5.79. The predicted octanol–water partition coefficient (Wildman–Crippen LogP) is 2.15. The van der Waals surface area contributed by atoms with Gasteiger partial charge in [-0.25, -0.2) is 4.79 Å². The number of aliphatic hydroxyl groups is 1. The van der Waals surface area contributed by atoms with Crippen molar-refractivity contribution in [1.29, 1.82) is 0 Å². The van der Waals surface area contributed by atoms with E-state index in [2.05, 4.69) is 5.32 Å². The molecule has 1 atom stereocenters. The standard InChI is InChI=1S/C18H18N2O3/c1-18(15-5-3-2-4-6-15)16(22)20(17(23)19-18)11-13-7-9-14(12-21)10-8-13/h2-10,21H,11-12H2,1H3,(H,19,23). The zero-order chi connectivity index (χ0) is 16.4. The Morgan fingerprint density at radius 1 is 1.00 bits per heavy atom. The molecule has 0 saturated carbocycles. The minimum atomic E-state index is -1.04. The summed E-state index contributed by atoms with van der Waals surface area (Å²) >= 11 is 0. The van der Waals surface area contributed by atoms with Gasteiger partial charge < -0.3 is 10.4 Å². The van der Waals surface area contributed by atoms with E-state index in [1.807, 2.05) is 42.5 Å². The van der Waals surface area contributed by atoms with Gasteiger partial charge in [0.2, 0.25) is 0 Å². The summed E-state index contributed by atoms with van der Waals surface area (Å²) in [5.41, 5.74) is 1.35. The second-order valence-corrected chi connectivity index (χ2v) is 5.79. The van der Waals surface area contributed by atoms with E-state index in [1.54, 1.807) is 19.1 Å². The van der Waals surface area contributed by atoms with Gasteiger partial charge in [-0.2, -0.15) is 0 Å². The largest absolute Gasteiger partial charge is 0.392 e. The Kier molecular flexibility index (Phi) is 3.88. The molecule has 1 aliphatic rings. The van der Waals surface area contributed by atoms with Gasteiger partial charge in [0.25, 0.3) is 5.91 Å². The number of amides is 3. The van der Waals surface area contributed by atoms with Gasteiger partial charge in [0.1, 0.15) is 5.54 Å². The average Bonchev–Trinajstić information content (AvgIpc) is 2.81. The van der Waals surface area contributed by atoms with E-state index < -0.39 is 11.6 Å². The summed E-state index contributed by atoms with van der Waals surface area (Å²) in [6, 6.07) is 16.0. The maximum absolute atomic E-state index is 12.8. The molecule has 3 amide bonds. The van der Waals surface area contributed by atoms with Crippen molar-refractivity contribution in [2.24, 2.45) is 0 Å². The number of imide groups is 1. The van der Waals surface area contributed by atoms with Crippen LogP contribution in [-0.2, 0) is 23.5 Å². The highest BCUT2D eigenvalue weighted by molar-refractivity contribution is 6.07. The van der Waals surface area contributed by atoms with Crippen LogP contribution in [0.2, 0.25) is 0 Å². The van der Waals surface area contributed by atoms with Gasteiger partial charge in [-0.3, -0.25) is 9.69 Å². The average molecular weight is 310 g/mol. The van der Waals surface area contributed by atoms with Crippen molar-refractivity contribution in [3.63, 3.8) is 0 Å². The van der Waals surface area contributed by atoms with Gasteiger partial charge in [0, 0.05) is 0 Å². The van der Waals surface area contributed by atoms with Gasteiger partial charge >= 0.3 is 6.03 Å². The first-order valence-electron chi connectivity index (χ1n) is 7.43. The Hall–Kier alpha value is -2.66. The summed E-state index contributed by atoms with van der Waals surface area (Å²) in [6.07, 6.45) is 0. The van der Waals surface area contributed by atoms with Crippen LogP contribution in [0.1, 0.15) is 23.6 Å². The number of nitrogens with zero attached hydrogens (tertiary/aromatic N) is 1. The van der Waals surface area contributed by atoms with Crippen molar-refractivity contribution in [2.75, 3.05) is 0 Å². The molecule has 1 unspecified atom stereocenters. The Morgan fingerprint density at radius 2 is 1.61 bits per heavy atom. The molecule has 5 heteroatoms. The topological polar surface area (TPSA) is 69.6 Å². The lowest BCUT2D eigenvalue weighted by Crippen LogP contribution is -2.40. The molecule has 118 valence electrons. The minimum Gasteiger partial charge on any atom is -0.392 e. The number of nitrogens with one attached hydrogen (secondary N) is 1. The summed E-state index contributed by atoms with van der Waals surface area (Å²) in [4.78, 5) is 26.2. The molecule has 5 nitrogen and oxygen atoms in total. The molecule has 0 radical (unpaired) electrons. The number of carbonyl (C=O) groups is 2. The number of benzene rings is 2. The molecule has 2 aromatic rings. The molecule has 0 aliphatic carbocycles. The molecule has 2 N–H and O–H groups in total. The van der Waals surface area contributed by atoms with Gasteiger partial charge in [0.15, 0.2) is 0 Å². The van der Waals surface area contributed by atoms with E-state index in [4.69, 9.17) is 5.11 Å². The highest BCUT2D eigenvalue weighted by Gasteiger charge is 2.48. The molecule has 1 fully saturated rings. The number of urea groups is 1. The van der Waals surface area contributed by atoms with Crippen molar-refractivity contribution >= 4 is 11.9 Å². The highest BCUT2D eigenvalue weighted by atomic mass is 16.3. The van der Waals surface area contributed by atoms with E-state index >= 15 is 0 Å². The molecule has 2 aromatic carbocycles. The third-order valence-electron chi connectivity index (χ3n) is 4.17. The molecule has 0 aromatic heterocycles. The maximum atomic E-state index is 12.8. The maximum Gasteiger partial charge on any atom is 0.325 e. The molecule has 1 aliphatic heterocycles. The molecule has 1 saturated heterocycles. The van der Waals surface area contributed by atoms with Crippen LogP contribution in [0.5, 0.6) is 0 Å². The summed E-state index contributed by atoms with van der Waals surface area (Å²) in [5.74, 6) is -0.264. The van der Waals surface area contributed by atoms with Crippen LogP contribution >= 0.6 is 0 Å². The third kappa shape index (κ3) is 2.71. The van der Waals surface area contributed by atoms with Crippen LogP contribution in [0.4, 0.5) is 4.79 Å². The number of rotatable bonds is 4. The minimum absolute atomic E-state index is 0.0323. The molecular weight excluding hydrogens is 292 g/mol. The van der Waals surface area contributed by atoms with Crippen LogP contribution in [0.25, 0.3) is 0 Å². The zero-order valence-electron chi connectivity index (χ0n) is 12.8. The van der Waals surface area contributed by atoms with E-state index in [0.717, 1.165) is 16.7 Å². The van der Waals surface area contributed by atoms with E-state index in [-0.39, 0.29) is 19.1 Å². The molecule has 23 heavy (non-hydrogen) atoms. The number of hydrogen-bond acceptors (Lipinski definition) is 3. The summed E-state index contributed by atoms with van der Waals surface area (Å²) in [5, 5.41) is 11.8. The number of aliphatic hydroxyl groups excluding tert-OH is 1. The first-order chi connectivity index (χ1) is 11.0. The highest BCUT2D eigenvalue weighted by Crippen LogP contribution is 2.29. The van der Waals surface area contributed by atoms with E-state index in [9.17, 15) is 9.59 Å². The number of hydrogen-bond donors (Lipinski definition) is 2. The van der Waals surface area contributed by atoms with Gasteiger partial charge in [-0.1, -0.05) is 54.6 Å². The summed E-state index contributed by atoms with van der Waals surface area (Å²) < 4.78 is 0. The van der Waals surface area contributed by atoms with Crippen LogP contribution in [-0.4, -0.2) is 21.9 Å². The quantitative estimate of drug-likeness (QED) is 0.850. The Balaban J connectivity index is 1.84. The Bertz CT molecular complexity index is 728. The normalized spacial score (nSPS) is 20.7. The first kappa shape index (κ1) is 15.2. The first-order valence-corrected chi connectivity index (χ1v) is 7.43. The predicted molar refractivity (Wildman–Crippen MR) is 85.2 cm³/mol. The summed E-state index contributed by atoms with van der Waals surface area (Å²) in [6.45, 7) is 1.89. The fraction of sp³-hybridized carbons (Fsp3) is 0.222. The second kappa shape index (κ2) is 5.85. The van der Waals surface area contributed by atoms with Crippen molar-refractivity contribution in [3.8, 4) is 0 Å². The van der Waals surface area contributed by atoms with Crippen molar-refractivity contribution in [1.82, 2.24) is 10.2 Å². The van der Waals surface area contributed by atoms with Crippen LogP contribution < -0.4 is 5.32 Å². The fourth-order valence-corrected chi connectivity index (χ4v) is 2.74. The van der Waals surface area contributed by atoms with E-state index in [0.29, 0.717) is 0 Å². The molecule has 3 rings (SSSR count). The molecular formula is C18H18N2O3. The van der Waals surface area contributed by atoms with Gasteiger partial charge in [0.05, 0.1) is 13.2 Å². The lowest BCUT2D eigenvalue weighted by molar-refractivity contribution is -0.131. The zero-order valence-corrected chi connectivity index (χ0v) is 12.8. The monoisotopic (exact) mass is 310 g/mol. The van der Waals surface area contributed by atoms with Crippen molar-refractivity contribution in [2.45, 2.75) is 25.6 Å². The van der Waals surface area contributed by atoms with Crippen LogP contribution in [0, 0.1) is 0 Å². The third-order valence-corrected chi connectivity index (χ3v) is 4.17. The summed E-state index contributed by atoms with van der Waals surface area (Å²) in [7, 11) is 0. The molecule has 0 spiro atoms. The van der Waals surface area contributed by atoms with Crippen LogP contribution in [0.15, 0.2) is 54.6 Å². The fourth-order valence-electron chi connectivity index (χ4n) is 2.74. The van der Waals surface area contributed by atoms with Gasteiger partial charge in [-0.15, -0.1) is 0 Å². The SMILES string of the molecule is CC1(c2ccccc2)NC(=O)N(Cc2ccc(CO)cc2)C1=O. The Labute approximate surface area is 134 Å². The number of carbonyl (C=O) groups excluding carboxylic acids is 2. The molecule has 0 bridgehead atoms.